The van der Waals surface area contributed by atoms with E-state index in [1.165, 1.54) is 24.2 Å². The van der Waals surface area contributed by atoms with Gasteiger partial charge in [-0.1, -0.05) is 5.16 Å². The van der Waals surface area contributed by atoms with Gasteiger partial charge in [0.25, 0.3) is 5.91 Å². The molecular weight excluding hydrogens is 324 g/mol. The lowest BCUT2D eigenvalue weighted by molar-refractivity contribution is 0.0790. The first kappa shape index (κ1) is 15.7. The Balaban J connectivity index is 1.31. The van der Waals surface area contributed by atoms with Gasteiger partial charge in [0.1, 0.15) is 4.88 Å². The highest BCUT2D eigenvalue weighted by Gasteiger charge is 2.31. The van der Waals surface area contributed by atoms with E-state index in [2.05, 4.69) is 15.1 Å². The molecule has 1 saturated heterocycles. The first-order chi connectivity index (χ1) is 11.6. The number of amides is 1. The van der Waals surface area contributed by atoms with E-state index in [0.717, 1.165) is 59.6 Å². The Labute approximate surface area is 145 Å². The summed E-state index contributed by atoms with van der Waals surface area (Å²) in [4.78, 5) is 24.3. The van der Waals surface area contributed by atoms with Crippen LogP contribution in [-0.4, -0.2) is 39.0 Å². The monoisotopic (exact) mass is 346 g/mol. The number of nitrogens with zero attached hydrogens (tertiary/aromatic N) is 4. The quantitative estimate of drug-likeness (QED) is 0.832. The van der Waals surface area contributed by atoms with Gasteiger partial charge in [0, 0.05) is 25.4 Å². The Morgan fingerprint density at radius 3 is 2.83 bits per heavy atom. The van der Waals surface area contributed by atoms with Crippen LogP contribution >= 0.6 is 11.3 Å². The molecule has 1 saturated carbocycles. The standard InChI is InChI=1S/C17H22N4O2S/c1-10-15(24-11(2)18-10)17(22)21-8-7-12(9-21)3-6-14-19-16(23-20-14)13-4-5-13/h12-13H,3-9H2,1-2H3/t12-/m0/s1. The lowest BCUT2D eigenvalue weighted by atomic mass is 10.0. The third-order valence-electron chi connectivity index (χ3n) is 4.86. The fraction of sp³-hybridized carbons (Fsp3) is 0.647. The van der Waals surface area contributed by atoms with Crippen LogP contribution in [0, 0.1) is 19.8 Å². The van der Waals surface area contributed by atoms with E-state index in [0.29, 0.717) is 11.8 Å². The Bertz CT molecular complexity index is 750. The summed E-state index contributed by atoms with van der Waals surface area (Å²) in [5.74, 6) is 2.79. The van der Waals surface area contributed by atoms with Gasteiger partial charge >= 0.3 is 0 Å². The molecule has 2 aromatic heterocycles. The summed E-state index contributed by atoms with van der Waals surface area (Å²) in [5, 5.41) is 5.04. The number of hydrogen-bond donors (Lipinski definition) is 0. The van der Waals surface area contributed by atoms with Gasteiger partial charge in [0.2, 0.25) is 5.89 Å². The first-order valence-corrected chi connectivity index (χ1v) is 9.47. The molecule has 7 heteroatoms. The summed E-state index contributed by atoms with van der Waals surface area (Å²) < 4.78 is 5.31. The van der Waals surface area contributed by atoms with E-state index < -0.39 is 0 Å². The number of aryl methyl sites for hydroxylation is 3. The molecule has 2 aliphatic rings. The maximum atomic E-state index is 12.6. The molecule has 24 heavy (non-hydrogen) atoms. The van der Waals surface area contributed by atoms with Gasteiger partial charge in [0.05, 0.1) is 10.7 Å². The topological polar surface area (TPSA) is 72.1 Å². The molecule has 1 aliphatic heterocycles. The van der Waals surface area contributed by atoms with Crippen molar-refractivity contribution in [2.45, 2.75) is 51.9 Å². The van der Waals surface area contributed by atoms with Crippen molar-refractivity contribution in [3.63, 3.8) is 0 Å². The van der Waals surface area contributed by atoms with E-state index in [9.17, 15) is 4.79 Å². The summed E-state index contributed by atoms with van der Waals surface area (Å²) in [6.07, 6.45) is 5.25. The molecule has 2 fully saturated rings. The van der Waals surface area contributed by atoms with E-state index in [1.54, 1.807) is 0 Å². The molecule has 2 aromatic rings. The molecule has 1 aliphatic carbocycles. The Hall–Kier alpha value is -1.76. The lowest BCUT2D eigenvalue weighted by Crippen LogP contribution is -2.28. The van der Waals surface area contributed by atoms with Crippen LogP contribution in [-0.2, 0) is 6.42 Å². The summed E-state index contributed by atoms with van der Waals surface area (Å²) in [7, 11) is 0. The first-order valence-electron chi connectivity index (χ1n) is 8.66. The number of aromatic nitrogens is 3. The van der Waals surface area contributed by atoms with Crippen LogP contribution in [0.1, 0.15) is 63.7 Å². The van der Waals surface area contributed by atoms with Crippen molar-refractivity contribution in [1.29, 1.82) is 0 Å². The molecular formula is C17H22N4O2S. The minimum atomic E-state index is 0.135. The third-order valence-corrected chi connectivity index (χ3v) is 5.92. The summed E-state index contributed by atoms with van der Waals surface area (Å²) in [5.41, 5.74) is 0.852. The molecule has 0 radical (unpaired) electrons. The summed E-state index contributed by atoms with van der Waals surface area (Å²) in [6, 6.07) is 0. The zero-order valence-corrected chi connectivity index (χ0v) is 14.9. The molecule has 0 bridgehead atoms. The van der Waals surface area contributed by atoms with Crippen molar-refractivity contribution in [3.8, 4) is 0 Å². The Morgan fingerprint density at radius 2 is 2.12 bits per heavy atom. The van der Waals surface area contributed by atoms with Crippen molar-refractivity contribution < 1.29 is 9.32 Å². The number of carbonyl (C=O) groups excluding carboxylic acids is 1. The molecule has 0 spiro atoms. The third kappa shape index (κ3) is 3.22. The van der Waals surface area contributed by atoms with Crippen LogP contribution < -0.4 is 0 Å². The number of hydrogen-bond acceptors (Lipinski definition) is 6. The molecule has 1 atom stereocenters. The lowest BCUT2D eigenvalue weighted by Gasteiger charge is -2.15. The number of likely N-dealkylation sites (tertiary alicyclic amines) is 1. The van der Waals surface area contributed by atoms with Crippen molar-refractivity contribution in [3.05, 3.63) is 27.3 Å². The second-order valence-electron chi connectivity index (χ2n) is 6.92. The molecule has 3 heterocycles. The zero-order valence-electron chi connectivity index (χ0n) is 14.1. The molecule has 4 rings (SSSR count). The molecule has 0 N–H and O–H groups in total. The van der Waals surface area contributed by atoms with Crippen molar-refractivity contribution in [2.75, 3.05) is 13.1 Å². The SMILES string of the molecule is Cc1nc(C)c(C(=O)N2CC[C@H](CCc3noc(C4CC4)n3)C2)s1. The van der Waals surface area contributed by atoms with Crippen LogP contribution in [0.25, 0.3) is 0 Å². The number of thiazole rings is 1. The van der Waals surface area contributed by atoms with Crippen molar-refractivity contribution >= 4 is 17.2 Å². The normalized spacial score (nSPS) is 20.8. The van der Waals surface area contributed by atoms with Crippen LogP contribution in [0.2, 0.25) is 0 Å². The van der Waals surface area contributed by atoms with Crippen LogP contribution in [0.5, 0.6) is 0 Å². The van der Waals surface area contributed by atoms with E-state index in [4.69, 9.17) is 4.52 Å². The van der Waals surface area contributed by atoms with Gasteiger partial charge in [-0.05, 0) is 45.4 Å². The van der Waals surface area contributed by atoms with Gasteiger partial charge < -0.3 is 9.42 Å². The molecule has 0 aromatic carbocycles. The Morgan fingerprint density at radius 1 is 1.29 bits per heavy atom. The zero-order chi connectivity index (χ0) is 16.7. The predicted octanol–water partition coefficient (Wildman–Crippen LogP) is 3.12. The second-order valence-corrected chi connectivity index (χ2v) is 8.12. The van der Waals surface area contributed by atoms with Crippen LogP contribution in [0.15, 0.2) is 4.52 Å². The Kier molecular flexibility index (Phi) is 4.12. The fourth-order valence-corrected chi connectivity index (χ4v) is 4.21. The molecule has 6 nitrogen and oxygen atoms in total. The average molecular weight is 346 g/mol. The maximum Gasteiger partial charge on any atom is 0.265 e. The minimum Gasteiger partial charge on any atom is -0.339 e. The largest absolute Gasteiger partial charge is 0.339 e. The number of rotatable bonds is 5. The summed E-state index contributed by atoms with van der Waals surface area (Å²) >= 11 is 1.50. The second kappa shape index (κ2) is 6.27. The van der Waals surface area contributed by atoms with Gasteiger partial charge in [-0.15, -0.1) is 11.3 Å². The van der Waals surface area contributed by atoms with Gasteiger partial charge in [-0.25, -0.2) is 4.98 Å². The summed E-state index contributed by atoms with van der Waals surface area (Å²) in [6.45, 7) is 5.52. The van der Waals surface area contributed by atoms with Crippen molar-refractivity contribution in [1.82, 2.24) is 20.0 Å². The molecule has 1 amide bonds. The van der Waals surface area contributed by atoms with E-state index in [-0.39, 0.29) is 5.91 Å². The smallest absolute Gasteiger partial charge is 0.265 e. The van der Waals surface area contributed by atoms with Gasteiger partial charge in [-0.3, -0.25) is 4.79 Å². The number of carbonyl (C=O) groups is 1. The van der Waals surface area contributed by atoms with Gasteiger partial charge in [0.15, 0.2) is 5.82 Å². The highest BCUT2D eigenvalue weighted by atomic mass is 32.1. The highest BCUT2D eigenvalue weighted by Crippen LogP contribution is 2.39. The highest BCUT2D eigenvalue weighted by molar-refractivity contribution is 7.13. The predicted molar refractivity (Wildman–Crippen MR) is 90.2 cm³/mol. The van der Waals surface area contributed by atoms with E-state index in [1.807, 2.05) is 18.7 Å². The van der Waals surface area contributed by atoms with Crippen molar-refractivity contribution in [2.24, 2.45) is 5.92 Å². The maximum absolute atomic E-state index is 12.6. The van der Waals surface area contributed by atoms with Gasteiger partial charge in [-0.2, -0.15) is 4.98 Å². The minimum absolute atomic E-state index is 0.135. The van der Waals surface area contributed by atoms with Crippen LogP contribution in [0.4, 0.5) is 0 Å². The van der Waals surface area contributed by atoms with Crippen LogP contribution in [0.3, 0.4) is 0 Å². The van der Waals surface area contributed by atoms with E-state index >= 15 is 0 Å². The average Bonchev–Trinajstić information content (AvgIpc) is 2.97. The molecule has 0 unspecified atom stereocenters. The molecule has 128 valence electrons. The fourth-order valence-electron chi connectivity index (χ4n) is 3.32.